The number of hydrogen-bond acceptors (Lipinski definition) is 3. The van der Waals surface area contributed by atoms with Crippen LogP contribution in [-0.2, 0) is 10.0 Å². The molecule has 0 aromatic heterocycles. The molecule has 0 saturated heterocycles. The second-order valence-electron chi connectivity index (χ2n) is 5.12. The maximum Gasteiger partial charge on any atom is 0.241 e. The van der Waals surface area contributed by atoms with Gasteiger partial charge in [-0.25, -0.2) is 13.1 Å². The molecule has 0 aliphatic heterocycles. The summed E-state index contributed by atoms with van der Waals surface area (Å²) in [4.78, 5) is 0.288. The van der Waals surface area contributed by atoms with Gasteiger partial charge in [-0.05, 0) is 49.9 Å². The number of hydrogen-bond donors (Lipinski definition) is 2. The van der Waals surface area contributed by atoms with Crippen LogP contribution in [0.5, 0.6) is 0 Å². The predicted molar refractivity (Wildman–Crippen MR) is 79.6 cm³/mol. The molecule has 0 atom stereocenters. The Hall–Kier alpha value is -1.35. The third-order valence-corrected chi connectivity index (χ3v) is 5.43. The maximum atomic E-state index is 12.4. The molecule has 0 radical (unpaired) electrons. The minimum Gasteiger partial charge on any atom is -0.320 e. The second kappa shape index (κ2) is 5.96. The normalized spacial score (nSPS) is 16.9. The Morgan fingerprint density at radius 1 is 1.30 bits per heavy atom. The number of sulfonamides is 1. The fraction of sp³-hybridized carbons (Fsp3) is 0.467. The molecule has 1 aliphatic carbocycles. The highest BCUT2D eigenvalue weighted by atomic mass is 32.2. The van der Waals surface area contributed by atoms with Gasteiger partial charge in [0.25, 0.3) is 0 Å². The molecule has 0 heterocycles. The minimum absolute atomic E-state index is 0.239. The molecular weight excluding hydrogens is 272 g/mol. The van der Waals surface area contributed by atoms with E-state index >= 15 is 0 Å². The van der Waals surface area contributed by atoms with Crippen molar-refractivity contribution in [2.75, 3.05) is 6.54 Å². The van der Waals surface area contributed by atoms with Crippen LogP contribution in [-0.4, -0.2) is 20.5 Å². The summed E-state index contributed by atoms with van der Waals surface area (Å²) in [6.45, 7) is 2.31. The van der Waals surface area contributed by atoms with Crippen molar-refractivity contribution in [2.24, 2.45) is 5.73 Å². The van der Waals surface area contributed by atoms with E-state index in [1.54, 1.807) is 24.3 Å². The van der Waals surface area contributed by atoms with Gasteiger partial charge in [-0.15, -0.1) is 0 Å². The zero-order valence-electron chi connectivity index (χ0n) is 11.6. The monoisotopic (exact) mass is 292 g/mol. The third-order valence-electron chi connectivity index (χ3n) is 3.84. The van der Waals surface area contributed by atoms with Gasteiger partial charge in [-0.2, -0.15) is 0 Å². The SMILES string of the molecule is CCC1(NS(=O)(=O)c2ccc(C#CCN)cc2)CCC1. The molecule has 0 bridgehead atoms. The van der Waals surface area contributed by atoms with Crippen molar-refractivity contribution in [3.63, 3.8) is 0 Å². The van der Waals surface area contributed by atoms with Crippen LogP contribution < -0.4 is 10.5 Å². The molecule has 1 aromatic carbocycles. The molecule has 1 saturated carbocycles. The lowest BCUT2D eigenvalue weighted by molar-refractivity contribution is 0.214. The van der Waals surface area contributed by atoms with E-state index in [4.69, 9.17) is 5.73 Å². The Kier molecular flexibility index (Phi) is 4.48. The topological polar surface area (TPSA) is 72.2 Å². The van der Waals surface area contributed by atoms with E-state index in [-0.39, 0.29) is 10.4 Å². The first-order chi connectivity index (χ1) is 9.51. The summed E-state index contributed by atoms with van der Waals surface area (Å²) in [5, 5.41) is 0. The minimum atomic E-state index is -3.45. The second-order valence-corrected chi connectivity index (χ2v) is 6.81. The first-order valence-corrected chi connectivity index (χ1v) is 8.33. The summed E-state index contributed by atoms with van der Waals surface area (Å²) in [6.07, 6.45) is 3.75. The largest absolute Gasteiger partial charge is 0.320 e. The molecule has 1 aromatic rings. The average molecular weight is 292 g/mol. The zero-order valence-corrected chi connectivity index (χ0v) is 12.5. The highest BCUT2D eigenvalue weighted by Gasteiger charge is 2.38. The highest BCUT2D eigenvalue weighted by molar-refractivity contribution is 7.89. The number of benzene rings is 1. The van der Waals surface area contributed by atoms with Gasteiger partial charge in [0, 0.05) is 11.1 Å². The van der Waals surface area contributed by atoms with Crippen LogP contribution in [0.2, 0.25) is 0 Å². The lowest BCUT2D eigenvalue weighted by Gasteiger charge is -2.41. The zero-order chi connectivity index (χ0) is 14.6. The molecule has 4 nitrogen and oxygen atoms in total. The molecule has 1 aliphatic rings. The van der Waals surface area contributed by atoms with E-state index in [9.17, 15) is 8.42 Å². The molecule has 0 spiro atoms. The van der Waals surface area contributed by atoms with Crippen molar-refractivity contribution >= 4 is 10.0 Å². The van der Waals surface area contributed by atoms with Gasteiger partial charge in [-0.3, -0.25) is 0 Å². The summed E-state index contributed by atoms with van der Waals surface area (Å²) in [7, 11) is -3.45. The van der Waals surface area contributed by atoms with E-state index in [2.05, 4.69) is 16.6 Å². The van der Waals surface area contributed by atoms with Crippen molar-refractivity contribution in [1.29, 1.82) is 0 Å². The molecule has 0 unspecified atom stereocenters. The van der Waals surface area contributed by atoms with Gasteiger partial charge < -0.3 is 5.73 Å². The summed E-state index contributed by atoms with van der Waals surface area (Å²) in [5.41, 5.74) is 5.83. The Labute approximate surface area is 120 Å². The molecule has 5 heteroatoms. The summed E-state index contributed by atoms with van der Waals surface area (Å²) >= 11 is 0. The van der Waals surface area contributed by atoms with Crippen LogP contribution >= 0.6 is 0 Å². The molecule has 20 heavy (non-hydrogen) atoms. The van der Waals surface area contributed by atoms with Crippen LogP contribution in [0, 0.1) is 11.8 Å². The molecular formula is C15H20N2O2S. The Morgan fingerprint density at radius 3 is 2.40 bits per heavy atom. The number of nitrogens with two attached hydrogens (primary N) is 1. The van der Waals surface area contributed by atoms with E-state index in [0.29, 0.717) is 6.54 Å². The molecule has 0 amide bonds. The van der Waals surface area contributed by atoms with Crippen LogP contribution in [0.3, 0.4) is 0 Å². The average Bonchev–Trinajstić information content (AvgIpc) is 2.41. The van der Waals surface area contributed by atoms with Gasteiger partial charge >= 0.3 is 0 Å². The van der Waals surface area contributed by atoms with Gasteiger partial charge in [0.1, 0.15) is 0 Å². The van der Waals surface area contributed by atoms with Gasteiger partial charge in [-0.1, -0.05) is 18.8 Å². The van der Waals surface area contributed by atoms with Crippen molar-refractivity contribution in [3.05, 3.63) is 29.8 Å². The highest BCUT2D eigenvalue weighted by Crippen LogP contribution is 2.36. The fourth-order valence-corrected chi connectivity index (χ4v) is 3.88. The molecule has 2 rings (SSSR count). The van der Waals surface area contributed by atoms with Crippen LogP contribution in [0.25, 0.3) is 0 Å². The number of rotatable bonds is 4. The van der Waals surface area contributed by atoms with Crippen LogP contribution in [0.1, 0.15) is 38.2 Å². The quantitative estimate of drug-likeness (QED) is 0.828. The molecule has 108 valence electrons. The van der Waals surface area contributed by atoms with Crippen LogP contribution in [0.4, 0.5) is 0 Å². The Balaban J connectivity index is 2.17. The number of nitrogens with one attached hydrogen (secondary N) is 1. The van der Waals surface area contributed by atoms with Crippen molar-refractivity contribution in [1.82, 2.24) is 4.72 Å². The van der Waals surface area contributed by atoms with E-state index in [0.717, 1.165) is 31.2 Å². The fourth-order valence-electron chi connectivity index (χ4n) is 2.35. The van der Waals surface area contributed by atoms with E-state index < -0.39 is 10.0 Å². The van der Waals surface area contributed by atoms with Gasteiger partial charge in [0.15, 0.2) is 0 Å². The van der Waals surface area contributed by atoms with Crippen molar-refractivity contribution in [3.8, 4) is 11.8 Å². The molecule has 3 N–H and O–H groups in total. The van der Waals surface area contributed by atoms with Crippen molar-refractivity contribution in [2.45, 2.75) is 43.0 Å². The smallest absolute Gasteiger partial charge is 0.241 e. The Bertz CT molecular complexity index is 615. The Morgan fingerprint density at radius 2 is 1.95 bits per heavy atom. The van der Waals surface area contributed by atoms with E-state index in [1.807, 2.05) is 6.92 Å². The molecule has 1 fully saturated rings. The van der Waals surface area contributed by atoms with Crippen molar-refractivity contribution < 1.29 is 8.42 Å². The maximum absolute atomic E-state index is 12.4. The lowest BCUT2D eigenvalue weighted by atomic mass is 9.76. The standard InChI is InChI=1S/C15H20N2O2S/c1-2-15(10-4-11-15)17-20(18,19)14-8-6-13(7-9-14)5-3-12-16/h6-9,17H,2,4,10-12,16H2,1H3. The van der Waals surface area contributed by atoms with Crippen LogP contribution in [0.15, 0.2) is 29.2 Å². The van der Waals surface area contributed by atoms with E-state index in [1.165, 1.54) is 0 Å². The summed E-state index contributed by atoms with van der Waals surface area (Å²) < 4.78 is 27.6. The predicted octanol–water partition coefficient (Wildman–Crippen LogP) is 1.61. The third kappa shape index (κ3) is 3.21. The lowest BCUT2D eigenvalue weighted by Crippen LogP contribution is -2.52. The van der Waals surface area contributed by atoms with Gasteiger partial charge in [0.05, 0.1) is 11.4 Å². The van der Waals surface area contributed by atoms with Gasteiger partial charge in [0.2, 0.25) is 10.0 Å². The first-order valence-electron chi connectivity index (χ1n) is 6.84. The first kappa shape index (κ1) is 15.0. The summed E-state index contributed by atoms with van der Waals surface area (Å²) in [6, 6.07) is 6.59. The summed E-state index contributed by atoms with van der Waals surface area (Å²) in [5.74, 6) is 5.62.